The van der Waals surface area contributed by atoms with Gasteiger partial charge in [0.1, 0.15) is 5.82 Å². The van der Waals surface area contributed by atoms with Gasteiger partial charge in [0.25, 0.3) is 5.91 Å². The molecule has 1 aliphatic heterocycles. The maximum Gasteiger partial charge on any atom is 0.254 e. The van der Waals surface area contributed by atoms with Gasteiger partial charge in [0, 0.05) is 24.7 Å². The summed E-state index contributed by atoms with van der Waals surface area (Å²) < 4.78 is 13.2. The van der Waals surface area contributed by atoms with Crippen molar-refractivity contribution in [3.63, 3.8) is 0 Å². The molecule has 0 bridgehead atoms. The van der Waals surface area contributed by atoms with Crippen molar-refractivity contribution >= 4 is 5.91 Å². The van der Waals surface area contributed by atoms with Gasteiger partial charge < -0.3 is 10.6 Å². The van der Waals surface area contributed by atoms with Gasteiger partial charge in [-0.3, -0.25) is 4.79 Å². The van der Waals surface area contributed by atoms with Crippen molar-refractivity contribution in [1.29, 1.82) is 0 Å². The van der Waals surface area contributed by atoms with E-state index < -0.39 is 0 Å². The number of carbonyl (C=O) groups excluding carboxylic acids is 1. The third kappa shape index (κ3) is 2.64. The van der Waals surface area contributed by atoms with Gasteiger partial charge in [0.2, 0.25) is 0 Å². The van der Waals surface area contributed by atoms with Gasteiger partial charge in [0.15, 0.2) is 0 Å². The number of nitrogens with zero attached hydrogens (tertiary/aromatic N) is 1. The van der Waals surface area contributed by atoms with Crippen molar-refractivity contribution < 1.29 is 9.18 Å². The molecule has 0 aromatic heterocycles. The van der Waals surface area contributed by atoms with Gasteiger partial charge in [0.05, 0.1) is 0 Å². The quantitative estimate of drug-likeness (QED) is 0.806. The molecule has 0 radical (unpaired) electrons. The Labute approximate surface area is 100 Å². The maximum absolute atomic E-state index is 13.2. The molecule has 1 heterocycles. The lowest BCUT2D eigenvalue weighted by molar-refractivity contribution is 0.0707. The molecule has 0 aliphatic carbocycles. The van der Waals surface area contributed by atoms with Crippen LogP contribution < -0.4 is 5.73 Å². The Hall–Kier alpha value is -1.42. The fourth-order valence-corrected chi connectivity index (χ4v) is 2.19. The number of carbonyl (C=O) groups is 1. The summed E-state index contributed by atoms with van der Waals surface area (Å²) in [6, 6.07) is 4.35. The highest BCUT2D eigenvalue weighted by molar-refractivity contribution is 5.95. The van der Waals surface area contributed by atoms with Crippen molar-refractivity contribution in [2.24, 2.45) is 5.73 Å². The lowest BCUT2D eigenvalue weighted by Crippen LogP contribution is -2.45. The molecule has 1 amide bonds. The largest absolute Gasteiger partial charge is 0.337 e. The van der Waals surface area contributed by atoms with Crippen LogP contribution in [0.1, 0.15) is 28.8 Å². The van der Waals surface area contributed by atoms with Crippen LogP contribution in [0.15, 0.2) is 18.2 Å². The molecule has 1 saturated heterocycles. The van der Waals surface area contributed by atoms with E-state index in [0.717, 1.165) is 18.4 Å². The smallest absolute Gasteiger partial charge is 0.254 e. The second-order valence-corrected chi connectivity index (χ2v) is 4.61. The summed E-state index contributed by atoms with van der Waals surface area (Å²) in [6.07, 6.45) is 1.87. The first kappa shape index (κ1) is 12.0. The molecule has 1 aromatic rings. The van der Waals surface area contributed by atoms with Crippen LogP contribution in [-0.4, -0.2) is 29.9 Å². The predicted octanol–water partition coefficient (Wildman–Crippen LogP) is 1.70. The van der Waals surface area contributed by atoms with E-state index in [0.29, 0.717) is 18.7 Å². The minimum Gasteiger partial charge on any atom is -0.337 e. The van der Waals surface area contributed by atoms with Gasteiger partial charge in [-0.05, 0) is 37.5 Å². The summed E-state index contributed by atoms with van der Waals surface area (Å²) >= 11 is 0. The Kier molecular flexibility index (Phi) is 3.43. The standard InChI is InChI=1S/C13H17FN2O/c1-9-4-5-10(14)7-12(9)13(17)16-6-2-3-11(15)8-16/h4-5,7,11H,2-3,6,8,15H2,1H3/t11-/m1/s1. The lowest BCUT2D eigenvalue weighted by atomic mass is 10.0. The van der Waals surface area contributed by atoms with E-state index in [1.54, 1.807) is 11.0 Å². The van der Waals surface area contributed by atoms with Crippen LogP contribution in [0.2, 0.25) is 0 Å². The Morgan fingerprint density at radius 3 is 3.00 bits per heavy atom. The predicted molar refractivity (Wildman–Crippen MR) is 64.2 cm³/mol. The van der Waals surface area contributed by atoms with E-state index in [2.05, 4.69) is 0 Å². The average Bonchev–Trinajstić information content (AvgIpc) is 2.31. The number of hydrogen-bond donors (Lipinski definition) is 1. The molecule has 0 spiro atoms. The number of benzene rings is 1. The van der Waals surface area contributed by atoms with Crippen molar-refractivity contribution in [3.05, 3.63) is 35.1 Å². The molecule has 1 aliphatic rings. The second-order valence-electron chi connectivity index (χ2n) is 4.61. The molecular formula is C13H17FN2O. The topological polar surface area (TPSA) is 46.3 Å². The molecule has 0 saturated carbocycles. The van der Waals surface area contributed by atoms with Crippen LogP contribution in [0.3, 0.4) is 0 Å². The third-order valence-corrected chi connectivity index (χ3v) is 3.18. The summed E-state index contributed by atoms with van der Waals surface area (Å²) in [5, 5.41) is 0. The molecule has 17 heavy (non-hydrogen) atoms. The van der Waals surface area contributed by atoms with Gasteiger partial charge >= 0.3 is 0 Å². The molecule has 2 rings (SSSR count). The molecule has 1 fully saturated rings. The first-order valence-electron chi connectivity index (χ1n) is 5.89. The van der Waals surface area contributed by atoms with Crippen molar-refractivity contribution in [3.8, 4) is 0 Å². The number of rotatable bonds is 1. The van der Waals surface area contributed by atoms with Crippen molar-refractivity contribution in [1.82, 2.24) is 4.90 Å². The van der Waals surface area contributed by atoms with Crippen LogP contribution in [0.5, 0.6) is 0 Å². The zero-order chi connectivity index (χ0) is 12.4. The summed E-state index contributed by atoms with van der Waals surface area (Å²) in [6.45, 7) is 3.09. The van der Waals surface area contributed by atoms with Gasteiger partial charge in [-0.15, -0.1) is 0 Å². The van der Waals surface area contributed by atoms with Crippen LogP contribution >= 0.6 is 0 Å². The second kappa shape index (κ2) is 4.84. The number of amides is 1. The molecule has 0 unspecified atom stereocenters. The van der Waals surface area contributed by atoms with Crippen LogP contribution in [0.4, 0.5) is 4.39 Å². The Morgan fingerprint density at radius 2 is 2.29 bits per heavy atom. The number of piperidine rings is 1. The highest BCUT2D eigenvalue weighted by Gasteiger charge is 2.23. The minimum atomic E-state index is -0.375. The fourth-order valence-electron chi connectivity index (χ4n) is 2.19. The summed E-state index contributed by atoms with van der Waals surface area (Å²) in [5.41, 5.74) is 7.09. The Balaban J connectivity index is 2.21. The monoisotopic (exact) mass is 236 g/mol. The van der Waals surface area contributed by atoms with E-state index in [1.807, 2.05) is 6.92 Å². The van der Waals surface area contributed by atoms with E-state index >= 15 is 0 Å². The number of hydrogen-bond acceptors (Lipinski definition) is 2. The van der Waals surface area contributed by atoms with Gasteiger partial charge in [-0.2, -0.15) is 0 Å². The number of halogens is 1. The number of aryl methyl sites for hydroxylation is 1. The third-order valence-electron chi connectivity index (χ3n) is 3.18. The zero-order valence-electron chi connectivity index (χ0n) is 9.95. The molecule has 3 nitrogen and oxygen atoms in total. The molecule has 4 heteroatoms. The van der Waals surface area contributed by atoms with Gasteiger partial charge in [-0.1, -0.05) is 6.07 Å². The molecule has 1 atom stereocenters. The van der Waals surface area contributed by atoms with E-state index in [9.17, 15) is 9.18 Å². The Bertz CT molecular complexity index is 433. The summed E-state index contributed by atoms with van der Waals surface area (Å²) in [5.74, 6) is -0.489. The molecule has 1 aromatic carbocycles. The van der Waals surface area contributed by atoms with Gasteiger partial charge in [-0.25, -0.2) is 4.39 Å². The first-order valence-corrected chi connectivity index (χ1v) is 5.89. The highest BCUT2D eigenvalue weighted by Crippen LogP contribution is 2.16. The average molecular weight is 236 g/mol. The summed E-state index contributed by atoms with van der Waals surface area (Å²) in [4.78, 5) is 13.9. The van der Waals surface area contributed by atoms with Crippen LogP contribution in [0, 0.1) is 12.7 Å². The summed E-state index contributed by atoms with van der Waals surface area (Å²) in [7, 11) is 0. The van der Waals surface area contributed by atoms with Crippen molar-refractivity contribution in [2.45, 2.75) is 25.8 Å². The lowest BCUT2D eigenvalue weighted by Gasteiger charge is -2.31. The van der Waals surface area contributed by atoms with Crippen LogP contribution in [0.25, 0.3) is 0 Å². The minimum absolute atomic E-state index is 0.0431. The maximum atomic E-state index is 13.2. The van der Waals surface area contributed by atoms with Crippen LogP contribution in [-0.2, 0) is 0 Å². The number of nitrogens with two attached hydrogens (primary N) is 1. The van der Waals surface area contributed by atoms with E-state index in [-0.39, 0.29) is 17.8 Å². The number of likely N-dealkylation sites (tertiary alicyclic amines) is 1. The normalized spacial score (nSPS) is 20.4. The van der Waals surface area contributed by atoms with Crippen molar-refractivity contribution in [2.75, 3.05) is 13.1 Å². The first-order chi connectivity index (χ1) is 8.08. The molecule has 92 valence electrons. The van der Waals surface area contributed by atoms with E-state index in [1.165, 1.54) is 12.1 Å². The zero-order valence-corrected chi connectivity index (χ0v) is 9.95. The Morgan fingerprint density at radius 1 is 1.53 bits per heavy atom. The SMILES string of the molecule is Cc1ccc(F)cc1C(=O)N1CCC[C@@H](N)C1. The highest BCUT2D eigenvalue weighted by atomic mass is 19.1. The molecular weight excluding hydrogens is 219 g/mol. The van der Waals surface area contributed by atoms with E-state index in [4.69, 9.17) is 5.73 Å². The molecule has 2 N–H and O–H groups in total. The fraction of sp³-hybridized carbons (Fsp3) is 0.462.